The number of halogens is 2. The minimum atomic E-state index is -0.924. The van der Waals surface area contributed by atoms with Crippen molar-refractivity contribution >= 4 is 27.5 Å². The molecule has 132 valence electrons. The third-order valence-corrected chi connectivity index (χ3v) is 4.23. The first-order valence-corrected chi connectivity index (χ1v) is 8.51. The maximum atomic E-state index is 13.9. The Morgan fingerprint density at radius 1 is 1.19 bits per heavy atom. The number of anilines is 1. The number of carbonyl (C=O) groups excluding carboxylic acids is 1. The zero-order valence-electron chi connectivity index (χ0n) is 13.7. The van der Waals surface area contributed by atoms with Gasteiger partial charge in [0.15, 0.2) is 0 Å². The van der Waals surface area contributed by atoms with E-state index in [0.717, 1.165) is 10.2 Å². The molecule has 1 atom stereocenters. The Bertz CT molecular complexity index is 1010. The number of nitrogens with one attached hydrogen (secondary N) is 1. The summed E-state index contributed by atoms with van der Waals surface area (Å²) in [6, 6.07) is 9.78. The molecule has 2 heterocycles. The number of rotatable bonds is 4. The number of aromatic nitrogens is 3. The van der Waals surface area contributed by atoms with Crippen LogP contribution in [-0.2, 0) is 4.79 Å². The fourth-order valence-electron chi connectivity index (χ4n) is 2.32. The van der Waals surface area contributed by atoms with E-state index in [1.54, 1.807) is 36.7 Å². The van der Waals surface area contributed by atoms with E-state index in [1.165, 1.54) is 25.1 Å². The van der Waals surface area contributed by atoms with Crippen LogP contribution in [0, 0.1) is 5.82 Å². The number of pyridine rings is 1. The van der Waals surface area contributed by atoms with Gasteiger partial charge in [0.25, 0.3) is 5.56 Å². The van der Waals surface area contributed by atoms with Crippen molar-refractivity contribution in [3.63, 3.8) is 0 Å². The molecule has 0 aliphatic carbocycles. The van der Waals surface area contributed by atoms with Gasteiger partial charge in [0.1, 0.15) is 11.9 Å². The molecule has 0 aliphatic heterocycles. The summed E-state index contributed by atoms with van der Waals surface area (Å²) in [4.78, 5) is 28.5. The second kappa shape index (κ2) is 7.57. The summed E-state index contributed by atoms with van der Waals surface area (Å²) in [5, 5.41) is 6.73. The summed E-state index contributed by atoms with van der Waals surface area (Å²) in [6.45, 7) is 1.52. The molecular formula is C18H14BrFN4O2. The standard InChI is InChI=1S/C18H14BrFN4O2/c1-11(18(26)22-16-3-2-13(19)10-14(16)20)24-17(25)5-4-15(23-24)12-6-8-21-9-7-12/h2-11H,1H3,(H,22,26). The van der Waals surface area contributed by atoms with Crippen molar-refractivity contribution in [2.45, 2.75) is 13.0 Å². The Morgan fingerprint density at radius 3 is 2.62 bits per heavy atom. The smallest absolute Gasteiger partial charge is 0.267 e. The van der Waals surface area contributed by atoms with E-state index in [-0.39, 0.29) is 5.69 Å². The van der Waals surface area contributed by atoms with Crippen LogP contribution in [0.2, 0.25) is 0 Å². The molecule has 0 aliphatic rings. The predicted molar refractivity (Wildman–Crippen MR) is 99.2 cm³/mol. The molecular weight excluding hydrogens is 403 g/mol. The molecule has 0 saturated carbocycles. The minimum absolute atomic E-state index is 0.0309. The van der Waals surface area contributed by atoms with E-state index in [4.69, 9.17) is 0 Å². The number of hydrogen-bond acceptors (Lipinski definition) is 4. The third-order valence-electron chi connectivity index (χ3n) is 3.74. The van der Waals surface area contributed by atoms with Gasteiger partial charge in [-0.3, -0.25) is 14.6 Å². The summed E-state index contributed by atoms with van der Waals surface area (Å²) in [5.41, 5.74) is 0.895. The molecule has 0 radical (unpaired) electrons. The van der Waals surface area contributed by atoms with Crippen LogP contribution in [0.3, 0.4) is 0 Å². The number of carbonyl (C=O) groups is 1. The summed E-state index contributed by atoms with van der Waals surface area (Å²) >= 11 is 3.16. The molecule has 8 heteroatoms. The summed E-state index contributed by atoms with van der Waals surface area (Å²) in [6.07, 6.45) is 3.22. The van der Waals surface area contributed by atoms with E-state index in [9.17, 15) is 14.0 Å². The van der Waals surface area contributed by atoms with Crippen molar-refractivity contribution in [2.75, 3.05) is 5.32 Å². The quantitative estimate of drug-likeness (QED) is 0.706. The maximum Gasteiger partial charge on any atom is 0.267 e. The summed E-state index contributed by atoms with van der Waals surface area (Å²) in [7, 11) is 0. The van der Waals surface area contributed by atoms with Crippen molar-refractivity contribution < 1.29 is 9.18 Å². The fraction of sp³-hybridized carbons (Fsp3) is 0.111. The molecule has 0 saturated heterocycles. The number of nitrogens with zero attached hydrogens (tertiary/aromatic N) is 3. The Hall–Kier alpha value is -2.87. The van der Waals surface area contributed by atoms with Gasteiger partial charge in [-0.1, -0.05) is 15.9 Å². The fourth-order valence-corrected chi connectivity index (χ4v) is 2.65. The van der Waals surface area contributed by atoms with Crippen LogP contribution in [0.15, 0.2) is 64.1 Å². The highest BCUT2D eigenvalue weighted by Gasteiger charge is 2.19. The first-order valence-electron chi connectivity index (χ1n) is 7.72. The summed E-state index contributed by atoms with van der Waals surface area (Å²) < 4.78 is 15.5. The molecule has 1 unspecified atom stereocenters. The largest absolute Gasteiger partial charge is 0.322 e. The topological polar surface area (TPSA) is 76.9 Å². The molecule has 2 aromatic heterocycles. The van der Waals surface area contributed by atoms with Crippen LogP contribution in [0.25, 0.3) is 11.3 Å². The lowest BCUT2D eigenvalue weighted by Crippen LogP contribution is -2.33. The Morgan fingerprint density at radius 2 is 1.92 bits per heavy atom. The van der Waals surface area contributed by atoms with E-state index >= 15 is 0 Å². The summed E-state index contributed by atoms with van der Waals surface area (Å²) in [5.74, 6) is -1.13. The van der Waals surface area contributed by atoms with Gasteiger partial charge in [-0.2, -0.15) is 5.10 Å². The Labute approximate surface area is 156 Å². The second-order valence-corrected chi connectivity index (χ2v) is 6.44. The van der Waals surface area contributed by atoms with Crippen molar-refractivity contribution in [3.8, 4) is 11.3 Å². The molecule has 1 N–H and O–H groups in total. The molecule has 0 bridgehead atoms. The first kappa shape index (κ1) is 17.9. The van der Waals surface area contributed by atoms with Crippen LogP contribution in [0.1, 0.15) is 13.0 Å². The van der Waals surface area contributed by atoms with Gasteiger partial charge in [0.05, 0.1) is 11.4 Å². The predicted octanol–water partition coefficient (Wildman–Crippen LogP) is 3.41. The first-order chi connectivity index (χ1) is 12.5. The normalized spacial score (nSPS) is 11.8. The van der Waals surface area contributed by atoms with Gasteiger partial charge in [-0.05, 0) is 43.3 Å². The maximum absolute atomic E-state index is 13.9. The lowest BCUT2D eigenvalue weighted by Gasteiger charge is -2.15. The van der Waals surface area contributed by atoms with E-state index < -0.39 is 23.3 Å². The lowest BCUT2D eigenvalue weighted by molar-refractivity contribution is -0.119. The highest BCUT2D eigenvalue weighted by atomic mass is 79.9. The van der Waals surface area contributed by atoms with Crippen LogP contribution in [0.4, 0.5) is 10.1 Å². The van der Waals surface area contributed by atoms with Gasteiger partial charge < -0.3 is 5.32 Å². The van der Waals surface area contributed by atoms with Crippen molar-refractivity contribution in [1.82, 2.24) is 14.8 Å². The SMILES string of the molecule is CC(C(=O)Nc1ccc(Br)cc1F)n1nc(-c2ccncc2)ccc1=O. The molecule has 26 heavy (non-hydrogen) atoms. The second-order valence-electron chi connectivity index (χ2n) is 5.53. The molecule has 0 spiro atoms. The molecule has 3 aromatic rings. The van der Waals surface area contributed by atoms with Gasteiger partial charge in [-0.25, -0.2) is 9.07 Å². The molecule has 0 fully saturated rings. The van der Waals surface area contributed by atoms with E-state index in [2.05, 4.69) is 31.3 Å². The number of amides is 1. The molecule has 1 aromatic carbocycles. The zero-order chi connectivity index (χ0) is 18.7. The van der Waals surface area contributed by atoms with E-state index in [1.807, 2.05) is 0 Å². The minimum Gasteiger partial charge on any atom is -0.322 e. The van der Waals surface area contributed by atoms with Crippen LogP contribution < -0.4 is 10.9 Å². The van der Waals surface area contributed by atoms with Gasteiger partial charge in [-0.15, -0.1) is 0 Å². The highest BCUT2D eigenvalue weighted by Crippen LogP contribution is 2.20. The third kappa shape index (κ3) is 3.85. The number of benzene rings is 1. The Balaban J connectivity index is 1.88. The molecule has 3 rings (SSSR count). The van der Waals surface area contributed by atoms with Crippen LogP contribution >= 0.6 is 15.9 Å². The van der Waals surface area contributed by atoms with E-state index in [0.29, 0.717) is 10.2 Å². The van der Waals surface area contributed by atoms with Crippen LogP contribution in [-0.4, -0.2) is 20.7 Å². The van der Waals surface area contributed by atoms with Crippen molar-refractivity contribution in [1.29, 1.82) is 0 Å². The molecule has 1 amide bonds. The van der Waals surface area contributed by atoms with Crippen molar-refractivity contribution in [3.05, 3.63) is 75.5 Å². The zero-order valence-corrected chi connectivity index (χ0v) is 15.3. The highest BCUT2D eigenvalue weighted by molar-refractivity contribution is 9.10. The Kier molecular flexibility index (Phi) is 5.22. The average molecular weight is 417 g/mol. The van der Waals surface area contributed by atoms with Crippen molar-refractivity contribution in [2.24, 2.45) is 0 Å². The van der Waals surface area contributed by atoms with Gasteiger partial charge in [0.2, 0.25) is 5.91 Å². The average Bonchev–Trinajstić information content (AvgIpc) is 2.64. The van der Waals surface area contributed by atoms with Gasteiger partial charge >= 0.3 is 0 Å². The lowest BCUT2D eigenvalue weighted by atomic mass is 10.2. The monoisotopic (exact) mass is 416 g/mol. The van der Waals surface area contributed by atoms with Crippen LogP contribution in [0.5, 0.6) is 0 Å². The number of hydrogen-bond donors (Lipinski definition) is 1. The molecule has 6 nitrogen and oxygen atoms in total. The van der Waals surface area contributed by atoms with Gasteiger partial charge in [0, 0.05) is 28.5 Å².